The molecule has 1 aliphatic carbocycles. The SMILES string of the molecule is Cn1nnc(Br)c1C1(O)CCc2ccccc21. The van der Waals surface area contributed by atoms with Gasteiger partial charge >= 0.3 is 0 Å². The number of aromatic nitrogens is 3. The molecule has 1 aromatic heterocycles. The molecule has 4 nitrogen and oxygen atoms in total. The van der Waals surface area contributed by atoms with Crippen molar-refractivity contribution in [1.82, 2.24) is 15.0 Å². The molecule has 0 fully saturated rings. The fraction of sp³-hybridized carbons (Fsp3) is 0.333. The van der Waals surface area contributed by atoms with Crippen LogP contribution in [0.3, 0.4) is 0 Å². The van der Waals surface area contributed by atoms with E-state index in [0.29, 0.717) is 11.0 Å². The van der Waals surface area contributed by atoms with Crippen molar-refractivity contribution in [3.05, 3.63) is 45.7 Å². The molecule has 1 aromatic carbocycles. The Balaban J connectivity index is 2.22. The van der Waals surface area contributed by atoms with E-state index in [4.69, 9.17) is 0 Å². The Labute approximate surface area is 107 Å². The van der Waals surface area contributed by atoms with Gasteiger partial charge in [-0.05, 0) is 39.9 Å². The van der Waals surface area contributed by atoms with Crippen molar-refractivity contribution in [3.8, 4) is 0 Å². The molecular weight excluding hydrogens is 282 g/mol. The maximum Gasteiger partial charge on any atom is 0.154 e. The van der Waals surface area contributed by atoms with Crippen LogP contribution in [0.1, 0.15) is 23.2 Å². The van der Waals surface area contributed by atoms with Crippen molar-refractivity contribution in [3.63, 3.8) is 0 Å². The molecular formula is C12H12BrN3O. The Kier molecular flexibility index (Phi) is 2.34. The van der Waals surface area contributed by atoms with Crippen LogP contribution in [0.2, 0.25) is 0 Å². The normalized spacial score (nSPS) is 22.8. The highest BCUT2D eigenvalue weighted by Gasteiger charge is 2.42. The number of hydrogen-bond donors (Lipinski definition) is 1. The lowest BCUT2D eigenvalue weighted by Gasteiger charge is -2.24. The van der Waals surface area contributed by atoms with Crippen molar-refractivity contribution in [2.24, 2.45) is 7.05 Å². The predicted octanol–water partition coefficient (Wildman–Crippen LogP) is 1.76. The van der Waals surface area contributed by atoms with Crippen LogP contribution in [-0.2, 0) is 19.1 Å². The molecule has 0 bridgehead atoms. The molecule has 1 aliphatic rings. The number of nitrogens with zero attached hydrogens (tertiary/aromatic N) is 3. The summed E-state index contributed by atoms with van der Waals surface area (Å²) in [5.41, 5.74) is 1.91. The molecule has 88 valence electrons. The molecule has 0 saturated heterocycles. The van der Waals surface area contributed by atoms with E-state index in [1.54, 1.807) is 11.7 Å². The van der Waals surface area contributed by atoms with Crippen LogP contribution in [0.25, 0.3) is 0 Å². The van der Waals surface area contributed by atoms with Crippen LogP contribution in [0, 0.1) is 0 Å². The molecule has 17 heavy (non-hydrogen) atoms. The summed E-state index contributed by atoms with van der Waals surface area (Å²) in [5.74, 6) is 0. The second-order valence-electron chi connectivity index (χ2n) is 4.37. The Morgan fingerprint density at radius 3 is 2.88 bits per heavy atom. The summed E-state index contributed by atoms with van der Waals surface area (Å²) in [6.07, 6.45) is 1.55. The van der Waals surface area contributed by atoms with Crippen molar-refractivity contribution < 1.29 is 5.11 Å². The maximum absolute atomic E-state index is 10.9. The third-order valence-electron chi connectivity index (χ3n) is 3.40. The van der Waals surface area contributed by atoms with Crippen LogP contribution in [0.4, 0.5) is 0 Å². The first-order valence-corrected chi connectivity index (χ1v) is 6.28. The second kappa shape index (κ2) is 3.65. The number of rotatable bonds is 1. The standard InChI is InChI=1S/C12H12BrN3O/c1-16-10(11(13)14-15-16)12(17)7-6-8-4-2-3-5-9(8)12/h2-5,17H,6-7H2,1H3. The smallest absolute Gasteiger partial charge is 0.154 e. The van der Waals surface area contributed by atoms with Gasteiger partial charge < -0.3 is 5.11 Å². The summed E-state index contributed by atoms with van der Waals surface area (Å²) in [6, 6.07) is 7.99. The van der Waals surface area contributed by atoms with Crippen molar-refractivity contribution >= 4 is 15.9 Å². The molecule has 1 N–H and O–H groups in total. The lowest BCUT2D eigenvalue weighted by Crippen LogP contribution is -2.27. The molecule has 1 heterocycles. The average Bonchev–Trinajstić information content (AvgIpc) is 2.83. The van der Waals surface area contributed by atoms with E-state index < -0.39 is 5.60 Å². The van der Waals surface area contributed by atoms with Crippen molar-refractivity contribution in [1.29, 1.82) is 0 Å². The highest BCUT2D eigenvalue weighted by molar-refractivity contribution is 9.10. The van der Waals surface area contributed by atoms with Gasteiger partial charge in [0.05, 0.1) is 0 Å². The summed E-state index contributed by atoms with van der Waals surface area (Å²) in [6.45, 7) is 0. The first-order valence-electron chi connectivity index (χ1n) is 5.49. The Morgan fingerprint density at radius 1 is 1.41 bits per heavy atom. The largest absolute Gasteiger partial charge is 0.379 e. The Hall–Kier alpha value is -1.20. The van der Waals surface area contributed by atoms with Gasteiger partial charge in [0.25, 0.3) is 0 Å². The first-order chi connectivity index (χ1) is 8.13. The minimum Gasteiger partial charge on any atom is -0.379 e. The van der Waals surface area contributed by atoms with Crippen molar-refractivity contribution in [2.45, 2.75) is 18.4 Å². The van der Waals surface area contributed by atoms with Crippen LogP contribution in [0.15, 0.2) is 28.9 Å². The summed E-state index contributed by atoms with van der Waals surface area (Å²) in [7, 11) is 1.80. The third-order valence-corrected chi connectivity index (χ3v) is 3.93. The van der Waals surface area contributed by atoms with Crippen LogP contribution in [-0.4, -0.2) is 20.1 Å². The highest BCUT2D eigenvalue weighted by Crippen LogP contribution is 2.43. The minimum absolute atomic E-state index is 0.610. The summed E-state index contributed by atoms with van der Waals surface area (Å²) >= 11 is 3.36. The highest BCUT2D eigenvalue weighted by atomic mass is 79.9. The van der Waals surface area contributed by atoms with E-state index in [1.165, 1.54) is 5.56 Å². The maximum atomic E-state index is 10.9. The molecule has 0 spiro atoms. The van der Waals surface area contributed by atoms with Gasteiger partial charge in [0.2, 0.25) is 0 Å². The van der Waals surface area contributed by atoms with Gasteiger partial charge in [0.15, 0.2) is 4.60 Å². The fourth-order valence-electron chi connectivity index (χ4n) is 2.61. The zero-order chi connectivity index (χ0) is 12.0. The lowest BCUT2D eigenvalue weighted by molar-refractivity contribution is 0.0732. The summed E-state index contributed by atoms with van der Waals surface area (Å²) in [5, 5.41) is 18.8. The van der Waals surface area contributed by atoms with E-state index in [1.807, 2.05) is 18.2 Å². The molecule has 2 aromatic rings. The number of aryl methyl sites for hydroxylation is 2. The summed E-state index contributed by atoms with van der Waals surface area (Å²) in [4.78, 5) is 0. The van der Waals surface area contributed by atoms with Crippen LogP contribution in [0.5, 0.6) is 0 Å². The molecule has 1 unspecified atom stereocenters. The van der Waals surface area contributed by atoms with E-state index >= 15 is 0 Å². The summed E-state index contributed by atoms with van der Waals surface area (Å²) < 4.78 is 2.24. The van der Waals surface area contributed by atoms with Crippen molar-refractivity contribution in [2.75, 3.05) is 0 Å². The van der Waals surface area contributed by atoms with Gasteiger partial charge in [-0.1, -0.05) is 29.5 Å². The number of aliphatic hydroxyl groups is 1. The van der Waals surface area contributed by atoms with Gasteiger partial charge in [-0.25, -0.2) is 4.68 Å². The van der Waals surface area contributed by atoms with E-state index in [9.17, 15) is 5.11 Å². The average molecular weight is 294 g/mol. The number of halogens is 1. The number of benzene rings is 1. The minimum atomic E-state index is -0.978. The first kappa shape index (κ1) is 10.9. The van der Waals surface area contributed by atoms with Gasteiger partial charge in [0.1, 0.15) is 11.3 Å². The van der Waals surface area contributed by atoms with E-state index in [-0.39, 0.29) is 0 Å². The molecule has 0 amide bonds. The molecule has 0 radical (unpaired) electrons. The molecule has 5 heteroatoms. The molecule has 3 rings (SSSR count). The molecule has 0 aliphatic heterocycles. The van der Waals surface area contributed by atoms with Crippen LogP contribution < -0.4 is 0 Å². The topological polar surface area (TPSA) is 50.9 Å². The predicted molar refractivity (Wildman–Crippen MR) is 66.5 cm³/mol. The number of fused-ring (bicyclic) bond motifs is 1. The molecule has 0 saturated carbocycles. The van der Waals surface area contributed by atoms with Gasteiger partial charge in [-0.2, -0.15) is 0 Å². The Bertz CT molecular complexity index is 561. The Morgan fingerprint density at radius 2 is 2.18 bits per heavy atom. The fourth-order valence-corrected chi connectivity index (χ4v) is 3.26. The quantitative estimate of drug-likeness (QED) is 0.872. The number of hydrogen-bond acceptors (Lipinski definition) is 3. The third kappa shape index (κ3) is 1.46. The zero-order valence-corrected chi connectivity index (χ0v) is 11.0. The molecule has 1 atom stereocenters. The van der Waals surface area contributed by atoms with E-state index in [2.05, 4.69) is 32.3 Å². The van der Waals surface area contributed by atoms with Gasteiger partial charge in [-0.15, -0.1) is 5.10 Å². The second-order valence-corrected chi connectivity index (χ2v) is 5.12. The lowest BCUT2D eigenvalue weighted by atomic mass is 9.93. The van der Waals surface area contributed by atoms with Crippen LogP contribution >= 0.6 is 15.9 Å². The van der Waals surface area contributed by atoms with Gasteiger partial charge in [0, 0.05) is 7.05 Å². The van der Waals surface area contributed by atoms with E-state index in [0.717, 1.165) is 17.7 Å². The monoisotopic (exact) mass is 293 g/mol. The van der Waals surface area contributed by atoms with Gasteiger partial charge in [-0.3, -0.25) is 0 Å². The zero-order valence-electron chi connectivity index (χ0n) is 9.39.